The van der Waals surface area contributed by atoms with Gasteiger partial charge in [0.25, 0.3) is 5.91 Å². The number of carbonyl (C=O) groups is 1. The first-order chi connectivity index (χ1) is 11.0. The molecule has 0 aromatic heterocycles. The molecule has 0 saturated carbocycles. The first-order valence-corrected chi connectivity index (χ1v) is 9.28. The molecule has 0 aliphatic heterocycles. The summed E-state index contributed by atoms with van der Waals surface area (Å²) in [5.41, 5.74) is 3.21. The molecule has 0 fully saturated rings. The van der Waals surface area contributed by atoms with E-state index in [9.17, 15) is 4.79 Å². The summed E-state index contributed by atoms with van der Waals surface area (Å²) in [5.74, 6) is 0.0217. The van der Waals surface area contributed by atoms with Crippen LogP contribution in [-0.4, -0.2) is 33.4 Å². The van der Waals surface area contributed by atoms with Crippen molar-refractivity contribution in [3.05, 3.63) is 58.1 Å². The highest BCUT2D eigenvalue weighted by Crippen LogP contribution is 2.16. The summed E-state index contributed by atoms with van der Waals surface area (Å²) < 4.78 is 0. The van der Waals surface area contributed by atoms with Gasteiger partial charge in [0, 0.05) is 13.1 Å². The average Bonchev–Trinajstić information content (AvgIpc) is 2.53. The van der Waals surface area contributed by atoms with Crippen molar-refractivity contribution in [1.82, 2.24) is 4.90 Å². The lowest BCUT2D eigenvalue weighted by Crippen LogP contribution is -2.39. The van der Waals surface area contributed by atoms with Crippen LogP contribution in [0.2, 0.25) is 5.02 Å². The zero-order chi connectivity index (χ0) is 17.0. The van der Waals surface area contributed by atoms with Crippen molar-refractivity contribution in [2.45, 2.75) is 27.7 Å². The second kappa shape index (κ2) is 7.80. The molecule has 0 N–H and O–H groups in total. The van der Waals surface area contributed by atoms with Crippen LogP contribution in [0.5, 0.6) is 0 Å². The van der Waals surface area contributed by atoms with E-state index in [1.165, 1.54) is 16.3 Å². The van der Waals surface area contributed by atoms with Gasteiger partial charge in [-0.15, -0.1) is 0 Å². The van der Waals surface area contributed by atoms with Gasteiger partial charge in [-0.1, -0.05) is 47.1 Å². The van der Waals surface area contributed by atoms with Crippen LogP contribution in [0.3, 0.4) is 0 Å². The van der Waals surface area contributed by atoms with Gasteiger partial charge < -0.3 is 4.90 Å². The van der Waals surface area contributed by atoms with Crippen molar-refractivity contribution < 1.29 is 4.79 Å². The molecule has 2 nitrogen and oxygen atoms in total. The van der Waals surface area contributed by atoms with Crippen LogP contribution >= 0.6 is 11.6 Å². The zero-order valence-electron chi connectivity index (χ0n) is 14.1. The minimum atomic E-state index is 0.0217. The highest BCUT2D eigenvalue weighted by atomic mass is 35.5. The fraction of sp³-hybridized carbons (Fsp3) is 0.316. The molecule has 2 aromatic carbocycles. The Labute approximate surface area is 146 Å². The lowest BCUT2D eigenvalue weighted by molar-refractivity contribution is 0.0774. The molecule has 2 aromatic rings. The van der Waals surface area contributed by atoms with Crippen LogP contribution in [0.4, 0.5) is 0 Å². The lowest BCUT2D eigenvalue weighted by Gasteiger charge is -2.21. The SMILES string of the molecule is CCN(CC)C(=O)c1c(Cl)cccc1[Si]c1cccc(C)c1C. The predicted molar refractivity (Wildman–Crippen MR) is 99.6 cm³/mol. The summed E-state index contributed by atoms with van der Waals surface area (Å²) in [6.45, 7) is 9.60. The molecule has 2 radical (unpaired) electrons. The van der Waals surface area contributed by atoms with Crippen LogP contribution in [0.25, 0.3) is 0 Å². The van der Waals surface area contributed by atoms with E-state index in [0.29, 0.717) is 33.2 Å². The van der Waals surface area contributed by atoms with Gasteiger partial charge in [-0.05, 0) is 50.1 Å². The normalized spacial score (nSPS) is 10.7. The molecule has 0 aliphatic carbocycles. The van der Waals surface area contributed by atoms with Gasteiger partial charge in [0.05, 0.1) is 10.6 Å². The molecular formula is C19H22ClNOSi. The molecule has 0 spiro atoms. The number of hydrogen-bond donors (Lipinski definition) is 0. The van der Waals surface area contributed by atoms with Crippen molar-refractivity contribution in [3.8, 4) is 0 Å². The summed E-state index contributed by atoms with van der Waals surface area (Å²) >= 11 is 6.38. The quantitative estimate of drug-likeness (QED) is 0.764. The smallest absolute Gasteiger partial charge is 0.255 e. The van der Waals surface area contributed by atoms with Crippen LogP contribution in [0, 0.1) is 13.8 Å². The Balaban J connectivity index is 2.46. The molecule has 0 unspecified atom stereocenters. The third-order valence-electron chi connectivity index (χ3n) is 4.15. The number of carbonyl (C=O) groups excluding carboxylic acids is 1. The van der Waals surface area contributed by atoms with Crippen molar-refractivity contribution in [3.63, 3.8) is 0 Å². The number of nitrogens with zero attached hydrogens (tertiary/aromatic N) is 1. The monoisotopic (exact) mass is 343 g/mol. The molecular weight excluding hydrogens is 322 g/mol. The largest absolute Gasteiger partial charge is 0.339 e. The van der Waals surface area contributed by atoms with Crippen molar-refractivity contribution in [2.75, 3.05) is 13.1 Å². The van der Waals surface area contributed by atoms with Crippen LogP contribution < -0.4 is 10.4 Å². The van der Waals surface area contributed by atoms with E-state index in [0.717, 1.165) is 5.19 Å². The Morgan fingerprint density at radius 1 is 1.04 bits per heavy atom. The molecule has 0 bridgehead atoms. The minimum Gasteiger partial charge on any atom is -0.339 e. The molecule has 1 amide bonds. The van der Waals surface area contributed by atoms with Crippen molar-refractivity contribution in [2.24, 2.45) is 0 Å². The first kappa shape index (κ1) is 17.8. The molecule has 4 heteroatoms. The maximum Gasteiger partial charge on any atom is 0.255 e. The lowest BCUT2D eigenvalue weighted by atomic mass is 10.1. The Bertz CT molecular complexity index is 711. The Morgan fingerprint density at radius 2 is 1.65 bits per heavy atom. The number of rotatable bonds is 5. The number of hydrogen-bond acceptors (Lipinski definition) is 1. The molecule has 23 heavy (non-hydrogen) atoms. The number of amides is 1. The Morgan fingerprint density at radius 3 is 2.30 bits per heavy atom. The summed E-state index contributed by atoms with van der Waals surface area (Å²) in [4.78, 5) is 14.7. The van der Waals surface area contributed by atoms with Gasteiger partial charge in [0.15, 0.2) is 0 Å². The second-order valence-electron chi connectivity index (χ2n) is 5.51. The second-order valence-corrected chi connectivity index (χ2v) is 7.25. The van der Waals surface area contributed by atoms with Gasteiger partial charge in [0.2, 0.25) is 0 Å². The fourth-order valence-electron chi connectivity index (χ4n) is 2.55. The van der Waals surface area contributed by atoms with Crippen LogP contribution in [0.1, 0.15) is 35.3 Å². The standard InChI is InChI=1S/C19H22ClNOSi/c1-5-21(6-2)19(22)18-15(20)10-8-12-17(18)23-16-11-7-9-13(3)14(16)4/h7-12H,5-6H2,1-4H3. The number of aryl methyl sites for hydroxylation is 1. The molecule has 0 heterocycles. The molecule has 0 atom stereocenters. The highest BCUT2D eigenvalue weighted by Gasteiger charge is 2.20. The van der Waals surface area contributed by atoms with Gasteiger partial charge >= 0.3 is 0 Å². The third kappa shape index (κ3) is 3.85. The number of halogens is 1. The highest BCUT2D eigenvalue weighted by molar-refractivity contribution is 6.69. The first-order valence-electron chi connectivity index (χ1n) is 7.90. The third-order valence-corrected chi connectivity index (χ3v) is 5.96. The summed E-state index contributed by atoms with van der Waals surface area (Å²) in [6.07, 6.45) is 0. The molecule has 120 valence electrons. The maximum absolute atomic E-state index is 12.8. The van der Waals surface area contributed by atoms with Crippen LogP contribution in [-0.2, 0) is 0 Å². The minimum absolute atomic E-state index is 0.0217. The van der Waals surface area contributed by atoms with E-state index in [1.807, 2.05) is 30.9 Å². The van der Waals surface area contributed by atoms with Gasteiger partial charge in [-0.25, -0.2) is 0 Å². The van der Waals surface area contributed by atoms with E-state index in [1.54, 1.807) is 6.07 Å². The summed E-state index contributed by atoms with van der Waals surface area (Å²) in [6, 6.07) is 12.1. The van der Waals surface area contributed by atoms with Gasteiger partial charge in [-0.2, -0.15) is 0 Å². The topological polar surface area (TPSA) is 20.3 Å². The summed E-state index contributed by atoms with van der Waals surface area (Å²) in [7, 11) is 0.424. The van der Waals surface area contributed by atoms with E-state index in [2.05, 4.69) is 32.0 Å². The molecule has 0 aliphatic rings. The van der Waals surface area contributed by atoms with Crippen LogP contribution in [0.15, 0.2) is 36.4 Å². The van der Waals surface area contributed by atoms with E-state index < -0.39 is 0 Å². The van der Waals surface area contributed by atoms with Crippen molar-refractivity contribution in [1.29, 1.82) is 0 Å². The fourth-order valence-corrected chi connectivity index (χ4v) is 4.28. The zero-order valence-corrected chi connectivity index (χ0v) is 15.9. The van der Waals surface area contributed by atoms with Gasteiger partial charge in [-0.3, -0.25) is 4.79 Å². The van der Waals surface area contributed by atoms with Crippen molar-refractivity contribution >= 4 is 37.4 Å². The Kier molecular flexibility index (Phi) is 6.02. The summed E-state index contributed by atoms with van der Waals surface area (Å²) in [5, 5.41) is 2.82. The predicted octanol–water partition coefficient (Wildman–Crippen LogP) is 3.09. The van der Waals surface area contributed by atoms with E-state index in [4.69, 9.17) is 11.6 Å². The number of benzene rings is 2. The van der Waals surface area contributed by atoms with E-state index in [-0.39, 0.29) is 5.91 Å². The maximum atomic E-state index is 12.8. The molecule has 2 rings (SSSR count). The van der Waals surface area contributed by atoms with E-state index >= 15 is 0 Å². The Hall–Kier alpha value is -1.58. The molecule has 0 saturated heterocycles. The average molecular weight is 344 g/mol. The van der Waals surface area contributed by atoms with Gasteiger partial charge in [0.1, 0.15) is 9.52 Å².